The molecule has 0 saturated heterocycles. The summed E-state index contributed by atoms with van der Waals surface area (Å²) < 4.78 is 10.9. The van der Waals surface area contributed by atoms with Crippen molar-refractivity contribution < 1.29 is 9.47 Å². The van der Waals surface area contributed by atoms with Crippen molar-refractivity contribution in [1.82, 2.24) is 0 Å². The zero-order valence-electron chi connectivity index (χ0n) is 14.5. The van der Waals surface area contributed by atoms with Gasteiger partial charge in [-0.05, 0) is 62.2 Å². The minimum Gasteiger partial charge on any atom is -0.454 e. The zero-order valence-corrected chi connectivity index (χ0v) is 14.5. The number of hydrogen-bond donors (Lipinski definition) is 1. The Hall–Kier alpha value is -2.20. The van der Waals surface area contributed by atoms with E-state index in [-0.39, 0.29) is 5.92 Å². The van der Waals surface area contributed by atoms with E-state index in [0.29, 0.717) is 13.3 Å². The van der Waals surface area contributed by atoms with Gasteiger partial charge in [0.05, 0.1) is 0 Å². The van der Waals surface area contributed by atoms with Crippen molar-refractivity contribution in [3.63, 3.8) is 0 Å². The monoisotopic (exact) mass is 326 g/mol. The summed E-state index contributed by atoms with van der Waals surface area (Å²) >= 11 is 0. The normalized spacial score (nSPS) is 13.8. The lowest BCUT2D eigenvalue weighted by Gasteiger charge is -2.22. The second-order valence-electron chi connectivity index (χ2n) is 6.09. The van der Waals surface area contributed by atoms with Crippen molar-refractivity contribution in [2.45, 2.75) is 26.2 Å². The molecule has 24 heavy (non-hydrogen) atoms. The smallest absolute Gasteiger partial charge is 0.231 e. The predicted molar refractivity (Wildman–Crippen MR) is 98.1 cm³/mol. The van der Waals surface area contributed by atoms with Crippen LogP contribution in [0.4, 0.5) is 5.69 Å². The molecular weight excluding hydrogens is 300 g/mol. The Morgan fingerprint density at radius 2 is 1.71 bits per heavy atom. The summed E-state index contributed by atoms with van der Waals surface area (Å²) in [4.78, 5) is 2.35. The predicted octanol–water partition coefficient (Wildman–Crippen LogP) is 3.55. The molecule has 1 atom stereocenters. The van der Waals surface area contributed by atoms with Crippen LogP contribution in [-0.4, -0.2) is 26.4 Å². The summed E-state index contributed by atoms with van der Waals surface area (Å²) in [6, 6.07) is 15.0. The highest BCUT2D eigenvalue weighted by Gasteiger charge is 2.17. The topological polar surface area (TPSA) is 47.7 Å². The van der Waals surface area contributed by atoms with Crippen LogP contribution >= 0.6 is 0 Å². The van der Waals surface area contributed by atoms with E-state index in [9.17, 15) is 0 Å². The number of benzene rings is 2. The van der Waals surface area contributed by atoms with Gasteiger partial charge in [0.2, 0.25) is 6.79 Å². The lowest BCUT2D eigenvalue weighted by molar-refractivity contribution is 0.174. The fraction of sp³-hybridized carbons (Fsp3) is 0.400. The van der Waals surface area contributed by atoms with E-state index in [1.807, 2.05) is 6.07 Å². The van der Waals surface area contributed by atoms with Crippen LogP contribution in [-0.2, 0) is 6.42 Å². The second-order valence-corrected chi connectivity index (χ2v) is 6.09. The first kappa shape index (κ1) is 16.7. The van der Waals surface area contributed by atoms with Gasteiger partial charge in [-0.2, -0.15) is 0 Å². The van der Waals surface area contributed by atoms with Crippen LogP contribution in [0.1, 0.15) is 30.9 Å². The van der Waals surface area contributed by atoms with E-state index in [0.717, 1.165) is 31.0 Å². The summed E-state index contributed by atoms with van der Waals surface area (Å²) in [7, 11) is 0. The number of rotatable bonds is 7. The van der Waals surface area contributed by atoms with Gasteiger partial charge >= 0.3 is 0 Å². The maximum Gasteiger partial charge on any atom is 0.231 e. The Bertz CT molecular complexity index is 666. The average Bonchev–Trinajstić information content (AvgIpc) is 3.09. The SMILES string of the molecule is CCN(CC)c1ccc(CC(CN)c2ccc3c(c2)OCO3)cc1. The Morgan fingerprint density at radius 3 is 2.38 bits per heavy atom. The number of fused-ring (bicyclic) bond motifs is 1. The third-order valence-electron chi connectivity index (χ3n) is 4.70. The lowest BCUT2D eigenvalue weighted by Crippen LogP contribution is -2.21. The maximum atomic E-state index is 6.04. The molecule has 1 heterocycles. The van der Waals surface area contributed by atoms with Crippen molar-refractivity contribution in [3.05, 3.63) is 53.6 Å². The molecule has 1 aliphatic rings. The van der Waals surface area contributed by atoms with Crippen LogP contribution in [0, 0.1) is 0 Å². The number of ether oxygens (including phenoxy) is 2. The van der Waals surface area contributed by atoms with Crippen molar-refractivity contribution in [1.29, 1.82) is 0 Å². The molecular formula is C20H26N2O2. The van der Waals surface area contributed by atoms with Gasteiger partial charge < -0.3 is 20.1 Å². The Labute approximate surface area is 144 Å². The first-order valence-electron chi connectivity index (χ1n) is 8.68. The van der Waals surface area contributed by atoms with Gasteiger partial charge in [0.25, 0.3) is 0 Å². The van der Waals surface area contributed by atoms with Crippen molar-refractivity contribution in [2.24, 2.45) is 5.73 Å². The van der Waals surface area contributed by atoms with Crippen LogP contribution in [0.5, 0.6) is 11.5 Å². The first-order valence-corrected chi connectivity index (χ1v) is 8.68. The fourth-order valence-corrected chi connectivity index (χ4v) is 3.22. The summed E-state index contributed by atoms with van der Waals surface area (Å²) in [5.74, 6) is 1.92. The number of hydrogen-bond acceptors (Lipinski definition) is 4. The number of nitrogens with two attached hydrogens (primary N) is 1. The van der Waals surface area contributed by atoms with E-state index in [1.54, 1.807) is 0 Å². The molecule has 0 spiro atoms. The van der Waals surface area contributed by atoms with Crippen LogP contribution in [0.3, 0.4) is 0 Å². The third kappa shape index (κ3) is 3.49. The van der Waals surface area contributed by atoms with Gasteiger partial charge in [-0.25, -0.2) is 0 Å². The molecule has 3 rings (SSSR count). The van der Waals surface area contributed by atoms with E-state index in [1.165, 1.54) is 16.8 Å². The van der Waals surface area contributed by atoms with Gasteiger partial charge in [0, 0.05) is 24.7 Å². The maximum absolute atomic E-state index is 6.04. The van der Waals surface area contributed by atoms with Crippen LogP contribution in [0.2, 0.25) is 0 Å². The highest BCUT2D eigenvalue weighted by molar-refractivity contribution is 5.48. The van der Waals surface area contributed by atoms with Crippen molar-refractivity contribution in [2.75, 3.05) is 31.3 Å². The molecule has 0 fully saturated rings. The second kappa shape index (κ2) is 7.58. The quantitative estimate of drug-likeness (QED) is 0.845. The molecule has 1 unspecified atom stereocenters. The van der Waals surface area contributed by atoms with Gasteiger partial charge in [-0.3, -0.25) is 0 Å². The molecule has 0 amide bonds. The average molecular weight is 326 g/mol. The fourth-order valence-electron chi connectivity index (χ4n) is 3.22. The summed E-state index contributed by atoms with van der Waals surface area (Å²) in [6.07, 6.45) is 0.925. The first-order chi connectivity index (χ1) is 11.7. The zero-order chi connectivity index (χ0) is 16.9. The lowest BCUT2D eigenvalue weighted by atomic mass is 9.91. The van der Waals surface area contributed by atoms with Crippen LogP contribution in [0.15, 0.2) is 42.5 Å². The van der Waals surface area contributed by atoms with Crippen molar-refractivity contribution in [3.8, 4) is 11.5 Å². The summed E-state index contributed by atoms with van der Waals surface area (Å²) in [5.41, 5.74) is 9.82. The molecule has 1 aliphatic heterocycles. The molecule has 0 bridgehead atoms. The molecule has 2 N–H and O–H groups in total. The molecule has 2 aromatic carbocycles. The standard InChI is InChI=1S/C20H26N2O2/c1-3-22(4-2)18-8-5-15(6-9-18)11-17(13-21)16-7-10-19-20(12-16)24-14-23-19/h5-10,12,17H,3-4,11,13-14,21H2,1-2H3. The van der Waals surface area contributed by atoms with Crippen molar-refractivity contribution >= 4 is 5.69 Å². The summed E-state index contributed by atoms with van der Waals surface area (Å²) in [5, 5.41) is 0. The molecule has 128 valence electrons. The van der Waals surface area contributed by atoms with Gasteiger partial charge in [-0.1, -0.05) is 18.2 Å². The summed E-state index contributed by atoms with van der Waals surface area (Å²) in [6.45, 7) is 7.33. The minimum atomic E-state index is 0.277. The largest absolute Gasteiger partial charge is 0.454 e. The van der Waals surface area contributed by atoms with Crippen LogP contribution < -0.4 is 20.1 Å². The molecule has 0 saturated carbocycles. The molecule has 0 aromatic heterocycles. The Balaban J connectivity index is 1.73. The third-order valence-corrected chi connectivity index (χ3v) is 4.70. The Morgan fingerprint density at radius 1 is 1.00 bits per heavy atom. The van der Waals surface area contributed by atoms with E-state index >= 15 is 0 Å². The number of anilines is 1. The van der Waals surface area contributed by atoms with Crippen LogP contribution in [0.25, 0.3) is 0 Å². The van der Waals surface area contributed by atoms with Gasteiger partial charge in [0.1, 0.15) is 0 Å². The molecule has 4 nitrogen and oxygen atoms in total. The van der Waals surface area contributed by atoms with E-state index in [2.05, 4.69) is 55.1 Å². The Kier molecular flexibility index (Phi) is 5.26. The number of nitrogens with zero attached hydrogens (tertiary/aromatic N) is 1. The molecule has 2 aromatic rings. The van der Waals surface area contributed by atoms with Gasteiger partial charge in [-0.15, -0.1) is 0 Å². The van der Waals surface area contributed by atoms with Gasteiger partial charge in [0.15, 0.2) is 11.5 Å². The molecule has 0 radical (unpaired) electrons. The minimum absolute atomic E-state index is 0.277. The molecule has 4 heteroatoms. The van der Waals surface area contributed by atoms with E-state index in [4.69, 9.17) is 15.2 Å². The highest BCUT2D eigenvalue weighted by atomic mass is 16.7. The van der Waals surface area contributed by atoms with E-state index < -0.39 is 0 Å². The highest BCUT2D eigenvalue weighted by Crippen LogP contribution is 2.35. The molecule has 0 aliphatic carbocycles.